The number of benzene rings is 2. The van der Waals surface area contributed by atoms with Crippen LogP contribution in [0, 0.1) is 18.6 Å². The molecule has 2 aromatic heterocycles. The average molecular weight is 300 g/mol. The molecule has 0 aliphatic heterocycles. The Bertz CT molecular complexity index is 970. The molecule has 0 radical (unpaired) electrons. The molecule has 2 aromatic carbocycles. The summed E-state index contributed by atoms with van der Waals surface area (Å²) in [6, 6.07) is 12.3. The molecule has 104 valence electrons. The molecule has 0 bridgehead atoms. The Balaban J connectivity index is 2.06. The molecule has 4 rings (SSSR count). The molecule has 0 amide bonds. The molecule has 4 aromatic rings. The topological polar surface area (TPSA) is 17.3 Å². The second-order valence-electron chi connectivity index (χ2n) is 4.87. The summed E-state index contributed by atoms with van der Waals surface area (Å²) < 4.78 is 28.7. The van der Waals surface area contributed by atoms with E-state index in [1.54, 1.807) is 0 Å². The fourth-order valence-corrected chi connectivity index (χ4v) is 3.71. The number of halogens is 2. The van der Waals surface area contributed by atoms with Gasteiger partial charge in [-0.1, -0.05) is 41.7 Å². The number of fused-ring (bicyclic) bond motifs is 3. The van der Waals surface area contributed by atoms with Crippen LogP contribution in [-0.4, -0.2) is 9.38 Å². The minimum Gasteiger partial charge on any atom is -0.287 e. The van der Waals surface area contributed by atoms with E-state index in [1.165, 1.54) is 17.4 Å². The average Bonchev–Trinajstić information content (AvgIpc) is 2.98. The highest BCUT2D eigenvalue weighted by Gasteiger charge is 2.16. The molecule has 2 nitrogen and oxygen atoms in total. The maximum absolute atomic E-state index is 13.5. The van der Waals surface area contributed by atoms with Crippen LogP contribution in [0.2, 0.25) is 0 Å². The lowest BCUT2D eigenvalue weighted by Crippen LogP contribution is -1.89. The van der Waals surface area contributed by atoms with Crippen LogP contribution < -0.4 is 0 Å². The highest BCUT2D eigenvalue weighted by molar-refractivity contribution is 7.20. The van der Waals surface area contributed by atoms with Gasteiger partial charge in [-0.3, -0.25) is 4.40 Å². The van der Waals surface area contributed by atoms with E-state index >= 15 is 0 Å². The first-order valence-electron chi connectivity index (χ1n) is 6.47. The third kappa shape index (κ3) is 1.77. The number of aromatic nitrogens is 2. The minimum absolute atomic E-state index is 0.475. The highest BCUT2D eigenvalue weighted by Crippen LogP contribution is 2.35. The largest absolute Gasteiger partial charge is 0.287 e. The first kappa shape index (κ1) is 12.5. The van der Waals surface area contributed by atoms with E-state index in [-0.39, 0.29) is 0 Å². The van der Waals surface area contributed by atoms with Crippen LogP contribution in [0.15, 0.2) is 42.5 Å². The van der Waals surface area contributed by atoms with Crippen LogP contribution in [-0.2, 0) is 0 Å². The van der Waals surface area contributed by atoms with Gasteiger partial charge in [0.25, 0.3) is 0 Å². The molecule has 5 heteroatoms. The van der Waals surface area contributed by atoms with Gasteiger partial charge < -0.3 is 0 Å². The smallest absolute Gasteiger partial charge is 0.195 e. The predicted molar refractivity (Wildman–Crippen MR) is 80.7 cm³/mol. The van der Waals surface area contributed by atoms with Crippen molar-refractivity contribution in [2.75, 3.05) is 0 Å². The van der Waals surface area contributed by atoms with Crippen LogP contribution in [0.4, 0.5) is 8.78 Å². The van der Waals surface area contributed by atoms with Gasteiger partial charge in [-0.15, -0.1) is 0 Å². The molecule has 0 saturated carbocycles. The quantitative estimate of drug-likeness (QED) is 0.493. The van der Waals surface area contributed by atoms with Gasteiger partial charge in [0.2, 0.25) is 0 Å². The van der Waals surface area contributed by atoms with Gasteiger partial charge in [-0.05, 0) is 12.5 Å². The van der Waals surface area contributed by atoms with Gasteiger partial charge in [-0.25, -0.2) is 13.8 Å². The molecule has 0 aliphatic carbocycles. The number of rotatable bonds is 1. The maximum Gasteiger partial charge on any atom is 0.195 e. The summed E-state index contributed by atoms with van der Waals surface area (Å²) >= 11 is 1.52. The Morgan fingerprint density at radius 3 is 2.52 bits per heavy atom. The van der Waals surface area contributed by atoms with Crippen molar-refractivity contribution in [1.29, 1.82) is 0 Å². The van der Waals surface area contributed by atoms with Crippen LogP contribution in [0.3, 0.4) is 0 Å². The molecule has 0 saturated heterocycles. The van der Waals surface area contributed by atoms with Crippen molar-refractivity contribution in [3.8, 4) is 10.4 Å². The lowest BCUT2D eigenvalue weighted by atomic mass is 10.1. The van der Waals surface area contributed by atoms with E-state index < -0.39 is 11.6 Å². The normalized spacial score (nSPS) is 11.6. The highest BCUT2D eigenvalue weighted by atomic mass is 32.1. The van der Waals surface area contributed by atoms with Crippen molar-refractivity contribution in [2.45, 2.75) is 6.92 Å². The summed E-state index contributed by atoms with van der Waals surface area (Å²) in [5.41, 5.74) is 3.15. The molecule has 0 fully saturated rings. The standard InChI is InChI=1S/C16H10F2N2S/c1-9-15(10-5-3-2-4-6-10)21-16-19-13-7-11(17)12(18)8-14(13)20(9)16/h2-8H,1H3. The van der Waals surface area contributed by atoms with E-state index in [0.717, 1.165) is 27.2 Å². The van der Waals surface area contributed by atoms with Gasteiger partial charge in [0.15, 0.2) is 16.6 Å². The number of hydrogen-bond acceptors (Lipinski definition) is 2. The monoisotopic (exact) mass is 300 g/mol. The van der Waals surface area contributed by atoms with Crippen molar-refractivity contribution < 1.29 is 8.78 Å². The summed E-state index contributed by atoms with van der Waals surface area (Å²) in [5.74, 6) is -1.72. The minimum atomic E-state index is -0.866. The van der Waals surface area contributed by atoms with Gasteiger partial charge in [0, 0.05) is 17.8 Å². The van der Waals surface area contributed by atoms with E-state index in [9.17, 15) is 8.78 Å². The van der Waals surface area contributed by atoms with E-state index in [4.69, 9.17) is 0 Å². The van der Waals surface area contributed by atoms with Crippen LogP contribution >= 0.6 is 11.3 Å². The lowest BCUT2D eigenvalue weighted by Gasteiger charge is -2.00. The Labute approximate surface area is 123 Å². The SMILES string of the molecule is Cc1c(-c2ccccc2)sc2nc3cc(F)c(F)cc3n12. The van der Waals surface area contributed by atoms with Gasteiger partial charge in [0.05, 0.1) is 15.9 Å². The van der Waals surface area contributed by atoms with Crippen molar-refractivity contribution in [1.82, 2.24) is 9.38 Å². The number of aryl methyl sites for hydroxylation is 1. The van der Waals surface area contributed by atoms with Gasteiger partial charge in [0.1, 0.15) is 0 Å². The van der Waals surface area contributed by atoms with Crippen LogP contribution in [0.1, 0.15) is 5.69 Å². The van der Waals surface area contributed by atoms with E-state index in [2.05, 4.69) is 4.98 Å². The summed E-state index contributed by atoms with van der Waals surface area (Å²) in [6.07, 6.45) is 0. The maximum atomic E-state index is 13.5. The molecule has 0 atom stereocenters. The van der Waals surface area contributed by atoms with Crippen molar-refractivity contribution in [2.24, 2.45) is 0 Å². The molecule has 0 unspecified atom stereocenters. The van der Waals surface area contributed by atoms with Crippen LogP contribution in [0.5, 0.6) is 0 Å². The number of thiazole rings is 1. The summed E-state index contributed by atoms with van der Waals surface area (Å²) in [5, 5.41) is 0. The first-order chi connectivity index (χ1) is 10.1. The van der Waals surface area contributed by atoms with E-state index in [0.29, 0.717) is 11.0 Å². The summed E-state index contributed by atoms with van der Waals surface area (Å²) in [4.78, 5) is 6.23. The molecular formula is C16H10F2N2S. The molecule has 0 N–H and O–H groups in total. The second kappa shape index (κ2) is 4.36. The number of nitrogens with zero attached hydrogens (tertiary/aromatic N) is 2. The fourth-order valence-electron chi connectivity index (χ4n) is 2.57. The first-order valence-corrected chi connectivity index (χ1v) is 7.29. The van der Waals surface area contributed by atoms with Crippen molar-refractivity contribution in [3.05, 3.63) is 59.8 Å². The van der Waals surface area contributed by atoms with Crippen molar-refractivity contribution >= 4 is 27.3 Å². The lowest BCUT2D eigenvalue weighted by molar-refractivity contribution is 0.510. The predicted octanol–water partition coefficient (Wildman–Crippen LogP) is 4.80. The zero-order valence-electron chi connectivity index (χ0n) is 11.1. The van der Waals surface area contributed by atoms with E-state index in [1.807, 2.05) is 41.7 Å². The third-order valence-corrected chi connectivity index (χ3v) is 4.75. The summed E-state index contributed by atoms with van der Waals surface area (Å²) in [6.45, 7) is 1.97. The van der Waals surface area contributed by atoms with Crippen LogP contribution in [0.25, 0.3) is 26.4 Å². The number of imidazole rings is 1. The molecule has 0 aliphatic rings. The molecule has 2 heterocycles. The third-order valence-electron chi connectivity index (χ3n) is 3.56. The Kier molecular flexibility index (Phi) is 2.59. The Hall–Kier alpha value is -2.27. The Morgan fingerprint density at radius 1 is 1.05 bits per heavy atom. The molecule has 0 spiro atoms. The zero-order chi connectivity index (χ0) is 14.6. The zero-order valence-corrected chi connectivity index (χ0v) is 11.9. The summed E-state index contributed by atoms with van der Waals surface area (Å²) in [7, 11) is 0. The second-order valence-corrected chi connectivity index (χ2v) is 5.84. The number of hydrogen-bond donors (Lipinski definition) is 0. The molecular weight excluding hydrogens is 290 g/mol. The molecule has 21 heavy (non-hydrogen) atoms. The fraction of sp³-hybridized carbons (Fsp3) is 0.0625. The van der Waals surface area contributed by atoms with Gasteiger partial charge in [-0.2, -0.15) is 0 Å². The van der Waals surface area contributed by atoms with Gasteiger partial charge >= 0.3 is 0 Å². The Morgan fingerprint density at radius 2 is 1.76 bits per heavy atom. The van der Waals surface area contributed by atoms with Crippen molar-refractivity contribution in [3.63, 3.8) is 0 Å².